The number of aromatic nitrogens is 2. The van der Waals surface area contributed by atoms with Crippen LogP contribution in [0.2, 0.25) is 0 Å². The number of amides is 1. The van der Waals surface area contributed by atoms with E-state index in [4.69, 9.17) is 0 Å². The standard InChI is InChI=1S/C11H7F2N3O/c12-7-1-3-9(14-5-7)11(17)16-8-2-4-10(13)15-6-8/h1-6H,(H,16,17). The van der Waals surface area contributed by atoms with Crippen LogP contribution in [0.25, 0.3) is 0 Å². The Balaban J connectivity index is 2.11. The van der Waals surface area contributed by atoms with E-state index in [9.17, 15) is 13.6 Å². The van der Waals surface area contributed by atoms with Crippen LogP contribution in [0.1, 0.15) is 10.5 Å². The molecule has 4 nitrogen and oxygen atoms in total. The molecule has 86 valence electrons. The quantitative estimate of drug-likeness (QED) is 0.810. The predicted molar refractivity (Wildman–Crippen MR) is 56.3 cm³/mol. The maximum absolute atomic E-state index is 12.6. The summed E-state index contributed by atoms with van der Waals surface area (Å²) in [6.45, 7) is 0. The number of hydrogen-bond acceptors (Lipinski definition) is 3. The van der Waals surface area contributed by atoms with Crippen molar-refractivity contribution < 1.29 is 13.6 Å². The Hall–Kier alpha value is -2.37. The van der Waals surface area contributed by atoms with E-state index in [0.717, 1.165) is 18.3 Å². The van der Waals surface area contributed by atoms with Crippen LogP contribution in [0.4, 0.5) is 14.5 Å². The van der Waals surface area contributed by atoms with Crippen LogP contribution >= 0.6 is 0 Å². The molecule has 6 heteroatoms. The van der Waals surface area contributed by atoms with Crippen LogP contribution in [0.5, 0.6) is 0 Å². The molecule has 0 spiro atoms. The van der Waals surface area contributed by atoms with Crippen LogP contribution in [-0.2, 0) is 0 Å². The molecule has 0 atom stereocenters. The molecule has 2 rings (SSSR count). The number of halogens is 2. The predicted octanol–water partition coefficient (Wildman–Crippen LogP) is 2.01. The molecule has 0 saturated carbocycles. The van der Waals surface area contributed by atoms with Crippen molar-refractivity contribution in [3.8, 4) is 0 Å². The van der Waals surface area contributed by atoms with Crippen molar-refractivity contribution in [2.75, 3.05) is 5.32 Å². The van der Waals surface area contributed by atoms with Gasteiger partial charge in [0.25, 0.3) is 5.91 Å². The monoisotopic (exact) mass is 235 g/mol. The molecule has 0 saturated heterocycles. The number of rotatable bonds is 2. The van der Waals surface area contributed by atoms with E-state index in [1.54, 1.807) is 0 Å². The molecule has 2 aromatic heterocycles. The van der Waals surface area contributed by atoms with E-state index < -0.39 is 17.7 Å². The normalized spacial score (nSPS) is 10.0. The minimum atomic E-state index is -0.636. The minimum Gasteiger partial charge on any atom is -0.319 e. The number of carbonyl (C=O) groups excluding carboxylic acids is 1. The van der Waals surface area contributed by atoms with Crippen molar-refractivity contribution in [2.45, 2.75) is 0 Å². The van der Waals surface area contributed by atoms with Gasteiger partial charge in [-0.05, 0) is 24.3 Å². The molecule has 0 unspecified atom stereocenters. The second-order valence-electron chi connectivity index (χ2n) is 3.19. The summed E-state index contributed by atoms with van der Waals surface area (Å²) in [5.74, 6) is -1.67. The van der Waals surface area contributed by atoms with Crippen molar-refractivity contribution in [3.05, 3.63) is 54.1 Å². The van der Waals surface area contributed by atoms with Crippen molar-refractivity contribution in [3.63, 3.8) is 0 Å². The van der Waals surface area contributed by atoms with Gasteiger partial charge in [-0.3, -0.25) is 4.79 Å². The molecule has 1 N–H and O–H groups in total. The highest BCUT2D eigenvalue weighted by atomic mass is 19.1. The molecule has 0 aliphatic heterocycles. The fourth-order valence-electron chi connectivity index (χ4n) is 1.16. The number of anilines is 1. The second kappa shape index (κ2) is 4.65. The van der Waals surface area contributed by atoms with Crippen molar-refractivity contribution in [1.82, 2.24) is 9.97 Å². The third-order valence-electron chi connectivity index (χ3n) is 1.95. The molecule has 0 aromatic carbocycles. The van der Waals surface area contributed by atoms with Crippen LogP contribution in [0.15, 0.2) is 36.7 Å². The lowest BCUT2D eigenvalue weighted by atomic mass is 10.3. The van der Waals surface area contributed by atoms with Gasteiger partial charge in [-0.1, -0.05) is 0 Å². The summed E-state index contributed by atoms with van der Waals surface area (Å²) < 4.78 is 25.1. The van der Waals surface area contributed by atoms with Crippen LogP contribution < -0.4 is 5.32 Å². The zero-order valence-corrected chi connectivity index (χ0v) is 8.52. The van der Waals surface area contributed by atoms with Crippen molar-refractivity contribution in [2.24, 2.45) is 0 Å². The van der Waals surface area contributed by atoms with E-state index in [1.165, 1.54) is 18.3 Å². The highest BCUT2D eigenvalue weighted by molar-refractivity contribution is 6.02. The Morgan fingerprint density at radius 2 is 1.88 bits per heavy atom. The first-order valence-corrected chi connectivity index (χ1v) is 4.69. The molecule has 17 heavy (non-hydrogen) atoms. The average Bonchev–Trinajstić information content (AvgIpc) is 2.33. The Kier molecular flexibility index (Phi) is 3.04. The van der Waals surface area contributed by atoms with E-state index >= 15 is 0 Å². The van der Waals surface area contributed by atoms with Gasteiger partial charge in [0, 0.05) is 0 Å². The third-order valence-corrected chi connectivity index (χ3v) is 1.95. The van der Waals surface area contributed by atoms with Gasteiger partial charge in [-0.2, -0.15) is 4.39 Å². The van der Waals surface area contributed by atoms with Gasteiger partial charge in [0.1, 0.15) is 11.5 Å². The molecule has 2 aromatic rings. The van der Waals surface area contributed by atoms with E-state index in [-0.39, 0.29) is 5.69 Å². The van der Waals surface area contributed by atoms with E-state index in [2.05, 4.69) is 15.3 Å². The van der Waals surface area contributed by atoms with Crippen LogP contribution in [0, 0.1) is 11.8 Å². The molecular formula is C11H7F2N3O. The van der Waals surface area contributed by atoms with Gasteiger partial charge in [0.05, 0.1) is 18.1 Å². The summed E-state index contributed by atoms with van der Waals surface area (Å²) in [5.41, 5.74) is 0.401. The largest absolute Gasteiger partial charge is 0.319 e. The summed E-state index contributed by atoms with van der Waals surface area (Å²) >= 11 is 0. The third kappa shape index (κ3) is 2.81. The van der Waals surface area contributed by atoms with Crippen molar-refractivity contribution >= 4 is 11.6 Å². The van der Waals surface area contributed by atoms with Gasteiger partial charge in [-0.25, -0.2) is 14.4 Å². The van der Waals surface area contributed by atoms with Crippen molar-refractivity contribution in [1.29, 1.82) is 0 Å². The fourth-order valence-corrected chi connectivity index (χ4v) is 1.16. The Morgan fingerprint density at radius 3 is 2.47 bits per heavy atom. The van der Waals surface area contributed by atoms with Crippen LogP contribution in [-0.4, -0.2) is 15.9 Å². The molecule has 0 aliphatic rings. The highest BCUT2D eigenvalue weighted by Crippen LogP contribution is 2.07. The summed E-state index contributed by atoms with van der Waals surface area (Å²) in [4.78, 5) is 18.6. The molecular weight excluding hydrogens is 228 g/mol. The maximum atomic E-state index is 12.6. The van der Waals surface area contributed by atoms with E-state index in [1.807, 2.05) is 0 Å². The van der Waals surface area contributed by atoms with Gasteiger partial charge < -0.3 is 5.32 Å². The first-order chi connectivity index (χ1) is 8.15. The minimum absolute atomic E-state index is 0.0655. The maximum Gasteiger partial charge on any atom is 0.274 e. The summed E-state index contributed by atoms with van der Waals surface area (Å²) in [7, 11) is 0. The zero-order valence-electron chi connectivity index (χ0n) is 8.52. The fraction of sp³-hybridized carbons (Fsp3) is 0. The number of nitrogens with zero attached hydrogens (tertiary/aromatic N) is 2. The molecule has 0 aliphatic carbocycles. The molecule has 2 heterocycles. The number of pyridine rings is 2. The highest BCUT2D eigenvalue weighted by Gasteiger charge is 2.07. The van der Waals surface area contributed by atoms with Gasteiger partial charge >= 0.3 is 0 Å². The lowest BCUT2D eigenvalue weighted by molar-refractivity contribution is 0.102. The Morgan fingerprint density at radius 1 is 1.06 bits per heavy atom. The first-order valence-electron chi connectivity index (χ1n) is 4.69. The molecule has 1 amide bonds. The first kappa shape index (κ1) is 11.1. The Labute approximate surface area is 95.3 Å². The lowest BCUT2D eigenvalue weighted by Gasteiger charge is -2.03. The van der Waals surface area contributed by atoms with Gasteiger partial charge in [0.2, 0.25) is 5.95 Å². The lowest BCUT2D eigenvalue weighted by Crippen LogP contribution is -2.13. The smallest absolute Gasteiger partial charge is 0.274 e. The second-order valence-corrected chi connectivity index (χ2v) is 3.19. The number of hydrogen-bond donors (Lipinski definition) is 1. The number of carbonyl (C=O) groups is 1. The molecule has 0 fully saturated rings. The van der Waals surface area contributed by atoms with E-state index in [0.29, 0.717) is 5.69 Å². The summed E-state index contributed by atoms with van der Waals surface area (Å²) in [6.07, 6.45) is 2.12. The Bertz CT molecular complexity index is 525. The number of nitrogens with one attached hydrogen (secondary N) is 1. The molecule has 0 bridgehead atoms. The topological polar surface area (TPSA) is 54.9 Å². The SMILES string of the molecule is O=C(Nc1ccc(F)nc1)c1ccc(F)cn1. The van der Waals surface area contributed by atoms with Gasteiger partial charge in [0.15, 0.2) is 0 Å². The van der Waals surface area contributed by atoms with Crippen LogP contribution in [0.3, 0.4) is 0 Å². The summed E-state index contributed by atoms with van der Waals surface area (Å²) in [6, 6.07) is 4.86. The summed E-state index contributed by atoms with van der Waals surface area (Å²) in [5, 5.41) is 2.45. The van der Waals surface area contributed by atoms with Gasteiger partial charge in [-0.15, -0.1) is 0 Å². The zero-order chi connectivity index (χ0) is 12.3. The molecule has 0 radical (unpaired) electrons. The average molecular weight is 235 g/mol.